The third kappa shape index (κ3) is 2.71. The molecule has 1 saturated heterocycles. The molecule has 0 bridgehead atoms. The van der Waals surface area contributed by atoms with Crippen LogP contribution >= 0.6 is 0 Å². The van der Waals surface area contributed by atoms with Crippen molar-refractivity contribution in [3.63, 3.8) is 0 Å². The lowest BCUT2D eigenvalue weighted by Gasteiger charge is -2.53. The molecule has 0 aromatic heterocycles. The predicted octanol–water partition coefficient (Wildman–Crippen LogP) is 1.14. The van der Waals surface area contributed by atoms with Gasteiger partial charge in [0.1, 0.15) is 0 Å². The summed E-state index contributed by atoms with van der Waals surface area (Å²) in [6.45, 7) is 14.4. The zero-order valence-electron chi connectivity index (χ0n) is 11.2. The molecule has 1 aliphatic heterocycles. The minimum absolute atomic E-state index is 0.218. The van der Waals surface area contributed by atoms with E-state index < -0.39 is 0 Å². The topological polar surface area (TPSA) is 32.5 Å². The fourth-order valence-electron chi connectivity index (χ4n) is 2.26. The molecule has 1 aliphatic rings. The van der Waals surface area contributed by atoms with Gasteiger partial charge in [-0.15, -0.1) is 0 Å². The highest BCUT2D eigenvalue weighted by molar-refractivity contribution is 4.97. The van der Waals surface area contributed by atoms with E-state index in [9.17, 15) is 0 Å². The fraction of sp³-hybridized carbons (Fsp3) is 1.00. The van der Waals surface area contributed by atoms with Crippen LogP contribution in [0.25, 0.3) is 0 Å². The molecular weight excluding hydrogens is 186 g/mol. The monoisotopic (exact) mass is 213 g/mol. The highest BCUT2D eigenvalue weighted by atomic mass is 15.3. The first-order valence-corrected chi connectivity index (χ1v) is 5.86. The van der Waals surface area contributed by atoms with E-state index in [-0.39, 0.29) is 11.1 Å². The Kier molecular flexibility index (Phi) is 3.49. The summed E-state index contributed by atoms with van der Waals surface area (Å²) in [6, 6.07) is 0.480. The van der Waals surface area contributed by atoms with Crippen molar-refractivity contribution in [1.82, 2.24) is 9.80 Å². The lowest BCUT2D eigenvalue weighted by Crippen LogP contribution is -2.67. The maximum atomic E-state index is 5.85. The summed E-state index contributed by atoms with van der Waals surface area (Å²) in [4.78, 5) is 4.97. The molecule has 15 heavy (non-hydrogen) atoms. The second-order valence-corrected chi connectivity index (χ2v) is 6.36. The summed E-state index contributed by atoms with van der Waals surface area (Å²) < 4.78 is 0. The number of hydrogen-bond donors (Lipinski definition) is 1. The van der Waals surface area contributed by atoms with Crippen molar-refractivity contribution >= 4 is 0 Å². The van der Waals surface area contributed by atoms with Gasteiger partial charge in [-0.1, -0.05) is 0 Å². The van der Waals surface area contributed by atoms with Crippen LogP contribution in [-0.4, -0.2) is 53.6 Å². The van der Waals surface area contributed by atoms with Crippen LogP contribution in [-0.2, 0) is 0 Å². The second kappa shape index (κ2) is 4.04. The molecule has 1 fully saturated rings. The minimum Gasteiger partial charge on any atom is -0.329 e. The van der Waals surface area contributed by atoms with Gasteiger partial charge in [-0.25, -0.2) is 0 Å². The van der Waals surface area contributed by atoms with Gasteiger partial charge in [0.25, 0.3) is 0 Å². The van der Waals surface area contributed by atoms with Gasteiger partial charge in [0, 0.05) is 36.8 Å². The summed E-state index contributed by atoms with van der Waals surface area (Å²) in [6.07, 6.45) is 0. The Hall–Kier alpha value is -0.120. The maximum absolute atomic E-state index is 5.85. The first-order valence-electron chi connectivity index (χ1n) is 5.86. The van der Waals surface area contributed by atoms with Gasteiger partial charge in [0.2, 0.25) is 0 Å². The molecule has 0 radical (unpaired) electrons. The van der Waals surface area contributed by atoms with Crippen molar-refractivity contribution < 1.29 is 0 Å². The van der Waals surface area contributed by atoms with Crippen LogP contribution in [0.5, 0.6) is 0 Å². The summed E-state index contributed by atoms with van der Waals surface area (Å²) in [5.74, 6) is 0. The number of likely N-dealkylation sites (N-methyl/N-ethyl adjacent to an activating group) is 1. The molecule has 0 saturated carbocycles. The van der Waals surface area contributed by atoms with E-state index in [1.54, 1.807) is 0 Å². The number of piperazine rings is 1. The van der Waals surface area contributed by atoms with Crippen molar-refractivity contribution in [2.24, 2.45) is 5.73 Å². The molecule has 0 aromatic rings. The van der Waals surface area contributed by atoms with Crippen LogP contribution in [0.2, 0.25) is 0 Å². The van der Waals surface area contributed by atoms with Gasteiger partial charge in [0.05, 0.1) is 0 Å². The Balaban J connectivity index is 2.83. The van der Waals surface area contributed by atoms with Crippen LogP contribution in [0.1, 0.15) is 34.6 Å². The van der Waals surface area contributed by atoms with Crippen LogP contribution < -0.4 is 5.73 Å². The highest BCUT2D eigenvalue weighted by Gasteiger charge is 2.40. The average Bonchev–Trinajstić information content (AvgIpc) is 2.07. The molecule has 0 aliphatic carbocycles. The van der Waals surface area contributed by atoms with Gasteiger partial charge in [-0.05, 0) is 41.7 Å². The Bertz CT molecular complexity index is 217. The van der Waals surface area contributed by atoms with E-state index in [1.165, 1.54) is 0 Å². The van der Waals surface area contributed by atoms with Gasteiger partial charge in [0.15, 0.2) is 0 Å². The summed E-state index contributed by atoms with van der Waals surface area (Å²) in [5.41, 5.74) is 6.31. The maximum Gasteiger partial charge on any atom is 0.0348 e. The first kappa shape index (κ1) is 12.9. The van der Waals surface area contributed by atoms with Crippen LogP contribution in [0.4, 0.5) is 0 Å². The molecule has 1 unspecified atom stereocenters. The van der Waals surface area contributed by atoms with E-state index in [1.807, 2.05) is 0 Å². The highest BCUT2D eigenvalue weighted by Crippen LogP contribution is 2.27. The van der Waals surface area contributed by atoms with Crippen LogP contribution in [0.15, 0.2) is 0 Å². The third-order valence-electron chi connectivity index (χ3n) is 3.73. The lowest BCUT2D eigenvalue weighted by atomic mass is 9.91. The molecule has 90 valence electrons. The van der Waals surface area contributed by atoms with E-state index in [2.05, 4.69) is 51.5 Å². The van der Waals surface area contributed by atoms with E-state index in [4.69, 9.17) is 5.73 Å². The van der Waals surface area contributed by atoms with Crippen molar-refractivity contribution in [3.8, 4) is 0 Å². The number of hydrogen-bond acceptors (Lipinski definition) is 3. The summed E-state index contributed by atoms with van der Waals surface area (Å²) >= 11 is 0. The van der Waals surface area contributed by atoms with Gasteiger partial charge in [-0.3, -0.25) is 9.80 Å². The third-order valence-corrected chi connectivity index (χ3v) is 3.73. The van der Waals surface area contributed by atoms with E-state index in [0.717, 1.165) is 19.6 Å². The molecule has 3 heteroatoms. The molecule has 1 heterocycles. The average molecular weight is 213 g/mol. The van der Waals surface area contributed by atoms with Gasteiger partial charge >= 0.3 is 0 Å². The predicted molar refractivity (Wildman–Crippen MR) is 66.0 cm³/mol. The number of nitrogens with two attached hydrogens (primary N) is 1. The smallest absolute Gasteiger partial charge is 0.0348 e. The van der Waals surface area contributed by atoms with E-state index >= 15 is 0 Å². The fourth-order valence-corrected chi connectivity index (χ4v) is 2.26. The number of rotatable bonds is 1. The largest absolute Gasteiger partial charge is 0.329 e. The molecule has 2 N–H and O–H groups in total. The van der Waals surface area contributed by atoms with Crippen LogP contribution in [0, 0.1) is 0 Å². The Morgan fingerprint density at radius 2 is 1.87 bits per heavy atom. The molecular formula is C12H27N3. The summed E-state index contributed by atoms with van der Waals surface area (Å²) in [7, 11) is 2.19. The number of nitrogens with zero attached hydrogens (tertiary/aromatic N) is 2. The Morgan fingerprint density at radius 1 is 1.33 bits per heavy atom. The van der Waals surface area contributed by atoms with Gasteiger partial charge in [-0.2, -0.15) is 0 Å². The lowest BCUT2D eigenvalue weighted by molar-refractivity contribution is -0.0398. The van der Waals surface area contributed by atoms with E-state index in [0.29, 0.717) is 6.04 Å². The zero-order chi connectivity index (χ0) is 11.9. The van der Waals surface area contributed by atoms with Crippen LogP contribution in [0.3, 0.4) is 0 Å². The molecule has 1 rings (SSSR count). The molecule has 1 atom stereocenters. The second-order valence-electron chi connectivity index (χ2n) is 6.36. The zero-order valence-corrected chi connectivity index (χ0v) is 11.2. The van der Waals surface area contributed by atoms with Crippen molar-refractivity contribution in [2.75, 3.05) is 26.7 Å². The summed E-state index contributed by atoms with van der Waals surface area (Å²) in [5, 5.41) is 0. The Labute approximate surface area is 94.6 Å². The first-order chi connectivity index (χ1) is 6.68. The standard InChI is InChI=1S/C12H27N3/c1-11(2,3)15-8-10(7-13)14(6)12(4,5)9-15/h10H,7-9,13H2,1-6H3. The van der Waals surface area contributed by atoms with Gasteiger partial charge < -0.3 is 5.73 Å². The van der Waals surface area contributed by atoms with Crippen molar-refractivity contribution in [2.45, 2.75) is 51.7 Å². The quantitative estimate of drug-likeness (QED) is 0.709. The molecule has 0 amide bonds. The van der Waals surface area contributed by atoms with Crippen molar-refractivity contribution in [3.05, 3.63) is 0 Å². The SMILES string of the molecule is CN1C(CN)CN(C(C)(C)C)CC1(C)C. The molecule has 3 nitrogen and oxygen atoms in total. The van der Waals surface area contributed by atoms with Crippen molar-refractivity contribution in [1.29, 1.82) is 0 Å². The normalized spacial score (nSPS) is 29.4. The Morgan fingerprint density at radius 3 is 2.27 bits per heavy atom. The minimum atomic E-state index is 0.218. The molecule has 0 spiro atoms. The molecule has 0 aromatic carbocycles.